The van der Waals surface area contributed by atoms with Gasteiger partial charge < -0.3 is 10.2 Å². The van der Waals surface area contributed by atoms with Gasteiger partial charge in [-0.2, -0.15) is 0 Å². The molecule has 1 amide bonds. The lowest BCUT2D eigenvalue weighted by atomic mass is 9.94. The molecule has 1 N–H and O–H groups in total. The number of aryl methyl sites for hydroxylation is 1. The van der Waals surface area contributed by atoms with Crippen LogP contribution in [0.3, 0.4) is 0 Å². The maximum absolute atomic E-state index is 13.0. The molecule has 2 heterocycles. The summed E-state index contributed by atoms with van der Waals surface area (Å²) in [6.45, 7) is 8.30. The van der Waals surface area contributed by atoms with E-state index in [2.05, 4.69) is 48.1 Å². The molecule has 31 heavy (non-hydrogen) atoms. The number of carbonyl (C=O) groups excluding carboxylic acids is 1. The molecule has 0 saturated carbocycles. The molecule has 0 spiro atoms. The summed E-state index contributed by atoms with van der Waals surface area (Å²) in [7, 11) is 2.17. The molecule has 0 aliphatic carbocycles. The molecule has 0 bridgehead atoms. The molecule has 162 valence electrons. The van der Waals surface area contributed by atoms with Crippen molar-refractivity contribution in [2.45, 2.75) is 19.9 Å². The van der Waals surface area contributed by atoms with Crippen molar-refractivity contribution < 1.29 is 4.79 Å². The van der Waals surface area contributed by atoms with Gasteiger partial charge in [0.15, 0.2) is 0 Å². The highest BCUT2D eigenvalue weighted by Gasteiger charge is 2.31. The zero-order valence-electron chi connectivity index (χ0n) is 18.2. The van der Waals surface area contributed by atoms with Crippen LogP contribution < -0.4 is 5.32 Å². The second-order valence-corrected chi connectivity index (χ2v) is 9.80. The Morgan fingerprint density at radius 3 is 2.29 bits per heavy atom. The lowest BCUT2D eigenvalue weighted by Gasteiger charge is -2.39. The minimum absolute atomic E-state index is 0.0713. The summed E-state index contributed by atoms with van der Waals surface area (Å²) < 4.78 is 0. The van der Waals surface area contributed by atoms with Crippen LogP contribution in [0.2, 0.25) is 5.02 Å². The summed E-state index contributed by atoms with van der Waals surface area (Å²) in [5, 5.41) is 4.88. The number of piperazine rings is 1. The molecular formula is C25H28ClN3OS. The van der Waals surface area contributed by atoms with Crippen LogP contribution in [0.5, 0.6) is 0 Å². The molecule has 1 aliphatic rings. The van der Waals surface area contributed by atoms with Crippen molar-refractivity contribution in [2.75, 3.05) is 38.5 Å². The Kier molecular flexibility index (Phi) is 6.77. The van der Waals surface area contributed by atoms with E-state index in [1.54, 1.807) is 11.3 Å². The van der Waals surface area contributed by atoms with Crippen molar-refractivity contribution in [1.29, 1.82) is 0 Å². The summed E-state index contributed by atoms with van der Waals surface area (Å²) in [5.41, 5.74) is 4.30. The topological polar surface area (TPSA) is 35.6 Å². The van der Waals surface area contributed by atoms with Crippen molar-refractivity contribution in [1.82, 2.24) is 9.80 Å². The van der Waals surface area contributed by atoms with Crippen molar-refractivity contribution >= 4 is 33.8 Å². The predicted octanol–water partition coefficient (Wildman–Crippen LogP) is 5.61. The SMILES string of the molecule is Cc1sc(NC(=O)c2ccccc2)c([C@H](c2ccc(Cl)cc2)N2CCN(C)CC2)c1C. The van der Waals surface area contributed by atoms with Crippen molar-refractivity contribution in [3.05, 3.63) is 86.8 Å². The number of likely N-dealkylation sites (N-methyl/N-ethyl adjacent to an activating group) is 1. The normalized spacial score (nSPS) is 16.3. The average molecular weight is 454 g/mol. The van der Waals surface area contributed by atoms with Crippen LogP contribution in [0.15, 0.2) is 54.6 Å². The standard InChI is InChI=1S/C25H28ClN3OS/c1-17-18(2)31-25(27-24(30)20-7-5-4-6-8-20)22(17)23(19-9-11-21(26)12-10-19)29-15-13-28(3)14-16-29/h4-12,23H,13-16H2,1-3H3,(H,27,30)/t23-/m0/s1. The molecule has 4 rings (SSSR count). The van der Waals surface area contributed by atoms with Gasteiger partial charge in [-0.15, -0.1) is 11.3 Å². The molecule has 6 heteroatoms. The first-order valence-electron chi connectivity index (χ1n) is 10.6. The smallest absolute Gasteiger partial charge is 0.256 e. The van der Waals surface area contributed by atoms with Gasteiger partial charge in [-0.3, -0.25) is 9.69 Å². The van der Waals surface area contributed by atoms with Crippen LogP contribution in [-0.4, -0.2) is 48.9 Å². The highest BCUT2D eigenvalue weighted by Crippen LogP contribution is 2.42. The molecule has 1 aromatic heterocycles. The van der Waals surface area contributed by atoms with E-state index in [4.69, 9.17) is 11.6 Å². The van der Waals surface area contributed by atoms with E-state index in [0.717, 1.165) is 36.2 Å². The molecule has 1 fully saturated rings. The minimum Gasteiger partial charge on any atom is -0.313 e. The van der Waals surface area contributed by atoms with Gasteiger partial charge in [0, 0.05) is 47.2 Å². The highest BCUT2D eigenvalue weighted by molar-refractivity contribution is 7.16. The number of rotatable bonds is 5. The first-order valence-corrected chi connectivity index (χ1v) is 11.8. The molecule has 1 saturated heterocycles. The molecule has 2 aromatic carbocycles. The lowest BCUT2D eigenvalue weighted by Crippen LogP contribution is -2.46. The zero-order chi connectivity index (χ0) is 22.0. The molecule has 1 aliphatic heterocycles. The second-order valence-electron chi connectivity index (χ2n) is 8.14. The number of hydrogen-bond acceptors (Lipinski definition) is 4. The zero-order valence-corrected chi connectivity index (χ0v) is 19.8. The van der Waals surface area contributed by atoms with Gasteiger partial charge in [0.2, 0.25) is 0 Å². The third kappa shape index (κ3) is 4.85. The quantitative estimate of drug-likeness (QED) is 0.545. The Bertz CT molecular complexity index is 1040. The Morgan fingerprint density at radius 2 is 1.65 bits per heavy atom. The number of hydrogen-bond donors (Lipinski definition) is 1. The van der Waals surface area contributed by atoms with E-state index < -0.39 is 0 Å². The summed E-state index contributed by atoms with van der Waals surface area (Å²) in [5.74, 6) is -0.0728. The van der Waals surface area contributed by atoms with Crippen LogP contribution in [0.4, 0.5) is 5.00 Å². The summed E-state index contributed by atoms with van der Waals surface area (Å²) in [6, 6.07) is 17.6. The third-order valence-electron chi connectivity index (χ3n) is 6.06. The fourth-order valence-corrected chi connectivity index (χ4v) is 5.33. The molecule has 3 aromatic rings. The van der Waals surface area contributed by atoms with Crippen molar-refractivity contribution in [2.24, 2.45) is 0 Å². The van der Waals surface area contributed by atoms with Gasteiger partial charge in [-0.1, -0.05) is 41.9 Å². The van der Waals surface area contributed by atoms with E-state index in [-0.39, 0.29) is 11.9 Å². The second kappa shape index (κ2) is 9.53. The number of thiophene rings is 1. The summed E-state index contributed by atoms with van der Waals surface area (Å²) >= 11 is 7.85. The third-order valence-corrected chi connectivity index (χ3v) is 7.45. The van der Waals surface area contributed by atoms with Gasteiger partial charge in [-0.05, 0) is 56.3 Å². The lowest BCUT2D eigenvalue weighted by molar-refractivity contribution is 0.102. The van der Waals surface area contributed by atoms with Crippen LogP contribution in [0, 0.1) is 13.8 Å². The Hall–Kier alpha value is -2.18. The van der Waals surface area contributed by atoms with Gasteiger partial charge in [0.25, 0.3) is 5.91 Å². The number of amides is 1. The fraction of sp³-hybridized carbons (Fsp3) is 0.320. The van der Waals surface area contributed by atoms with E-state index in [1.807, 2.05) is 42.5 Å². The van der Waals surface area contributed by atoms with E-state index >= 15 is 0 Å². The molecule has 4 nitrogen and oxygen atoms in total. The molecule has 0 unspecified atom stereocenters. The van der Waals surface area contributed by atoms with Crippen LogP contribution >= 0.6 is 22.9 Å². The fourth-order valence-electron chi connectivity index (χ4n) is 4.12. The van der Waals surface area contributed by atoms with Gasteiger partial charge in [0.05, 0.1) is 6.04 Å². The van der Waals surface area contributed by atoms with Crippen LogP contribution in [-0.2, 0) is 0 Å². The number of nitrogens with zero attached hydrogens (tertiary/aromatic N) is 2. The number of halogens is 1. The van der Waals surface area contributed by atoms with E-state index in [9.17, 15) is 4.79 Å². The minimum atomic E-state index is -0.0728. The summed E-state index contributed by atoms with van der Waals surface area (Å²) in [4.78, 5) is 19.1. The van der Waals surface area contributed by atoms with Crippen LogP contribution in [0.1, 0.15) is 38.0 Å². The monoisotopic (exact) mass is 453 g/mol. The average Bonchev–Trinajstić information content (AvgIpc) is 3.05. The molecular weight excluding hydrogens is 426 g/mol. The van der Waals surface area contributed by atoms with Crippen molar-refractivity contribution in [3.8, 4) is 0 Å². The number of benzene rings is 2. The van der Waals surface area contributed by atoms with Gasteiger partial charge >= 0.3 is 0 Å². The first kappa shape index (κ1) is 22.0. The van der Waals surface area contributed by atoms with E-state index in [0.29, 0.717) is 5.56 Å². The largest absolute Gasteiger partial charge is 0.313 e. The summed E-state index contributed by atoms with van der Waals surface area (Å²) in [6.07, 6.45) is 0. The predicted molar refractivity (Wildman–Crippen MR) is 131 cm³/mol. The number of nitrogens with one attached hydrogen (secondary N) is 1. The van der Waals surface area contributed by atoms with E-state index in [1.165, 1.54) is 21.6 Å². The van der Waals surface area contributed by atoms with Crippen molar-refractivity contribution in [3.63, 3.8) is 0 Å². The molecule has 0 radical (unpaired) electrons. The maximum atomic E-state index is 13.0. The Morgan fingerprint density at radius 1 is 1.00 bits per heavy atom. The van der Waals surface area contributed by atoms with Gasteiger partial charge in [0.1, 0.15) is 5.00 Å². The van der Waals surface area contributed by atoms with Gasteiger partial charge in [-0.25, -0.2) is 0 Å². The highest BCUT2D eigenvalue weighted by atomic mass is 35.5. The van der Waals surface area contributed by atoms with Crippen LogP contribution in [0.25, 0.3) is 0 Å². The maximum Gasteiger partial charge on any atom is 0.256 e. The molecule has 1 atom stereocenters. The Labute approximate surface area is 193 Å². The Balaban J connectivity index is 1.75. The first-order chi connectivity index (χ1) is 14.9. The number of carbonyl (C=O) groups is 1. The number of anilines is 1.